The van der Waals surface area contributed by atoms with Crippen LogP contribution in [0.25, 0.3) is 0 Å². The number of benzene rings is 1. The third-order valence-corrected chi connectivity index (χ3v) is 3.82. The molecule has 5 nitrogen and oxygen atoms in total. The van der Waals surface area contributed by atoms with Gasteiger partial charge in [-0.2, -0.15) is 0 Å². The Labute approximate surface area is 156 Å². The second kappa shape index (κ2) is 11.6. The van der Waals surface area contributed by atoms with Crippen molar-refractivity contribution in [2.45, 2.75) is 32.1 Å². The van der Waals surface area contributed by atoms with Crippen LogP contribution in [0.2, 0.25) is 0 Å². The van der Waals surface area contributed by atoms with Crippen LogP contribution in [0.1, 0.15) is 30.4 Å². The number of halogens is 1. The molecule has 1 aromatic rings. The normalized spacial score (nSPS) is 14.0. The number of methoxy groups -OCH3 is 1. The number of aryl methyl sites for hydroxylation is 1. The molecule has 0 saturated heterocycles. The summed E-state index contributed by atoms with van der Waals surface area (Å²) in [6.07, 6.45) is 5.68. The maximum absolute atomic E-state index is 5.98. The molecule has 130 valence electrons. The van der Waals surface area contributed by atoms with Crippen LogP contribution in [-0.4, -0.2) is 39.4 Å². The van der Waals surface area contributed by atoms with E-state index in [1.807, 2.05) is 0 Å². The highest BCUT2D eigenvalue weighted by Gasteiger charge is 2.12. The predicted octanol–water partition coefficient (Wildman–Crippen LogP) is 2.96. The quantitative estimate of drug-likeness (QED) is 0.286. The van der Waals surface area contributed by atoms with Crippen molar-refractivity contribution in [3.63, 3.8) is 0 Å². The minimum Gasteiger partial charge on any atom is -0.382 e. The van der Waals surface area contributed by atoms with Gasteiger partial charge in [-0.25, -0.2) is 0 Å². The molecule has 3 N–H and O–H groups in total. The number of nitrogens with one attached hydrogen (secondary N) is 1. The Bertz CT molecular complexity index is 495. The number of aliphatic imine (C=N–C) groups is 1. The molecule has 0 atom stereocenters. The summed E-state index contributed by atoms with van der Waals surface area (Å²) in [4.78, 5) is 4.36. The minimum atomic E-state index is 0. The van der Waals surface area contributed by atoms with E-state index in [-0.39, 0.29) is 24.0 Å². The number of guanidine groups is 1. The molecular formula is C17H28IN3O2. The van der Waals surface area contributed by atoms with E-state index in [1.54, 1.807) is 7.11 Å². The van der Waals surface area contributed by atoms with Gasteiger partial charge in [0.1, 0.15) is 0 Å². The van der Waals surface area contributed by atoms with Gasteiger partial charge in [-0.3, -0.25) is 4.99 Å². The Hall–Kier alpha value is -0.860. The van der Waals surface area contributed by atoms with E-state index in [1.165, 1.54) is 30.4 Å². The van der Waals surface area contributed by atoms with Crippen LogP contribution in [0.15, 0.2) is 23.2 Å². The van der Waals surface area contributed by atoms with Crippen molar-refractivity contribution in [2.75, 3.05) is 38.8 Å². The first-order valence-electron chi connectivity index (χ1n) is 8.05. The van der Waals surface area contributed by atoms with Crippen LogP contribution >= 0.6 is 24.0 Å². The zero-order valence-corrected chi connectivity index (χ0v) is 16.2. The summed E-state index contributed by atoms with van der Waals surface area (Å²) in [5.74, 6) is 0.482. The molecule has 0 unspecified atom stereocenters. The Morgan fingerprint density at radius 2 is 2.04 bits per heavy atom. The Kier molecular flexibility index (Phi) is 10.2. The standard InChI is InChI=1S/C17H27N3O2.HI/c1-21-12-13-22-11-5-10-19-17(18)20-16-9-4-7-14-6-2-3-8-15(14)16;/h4,7,9H,2-3,5-6,8,10-13H2,1H3,(H3,18,19,20);1H. The first kappa shape index (κ1) is 20.2. The van der Waals surface area contributed by atoms with Crippen molar-refractivity contribution in [2.24, 2.45) is 10.7 Å². The highest BCUT2D eigenvalue weighted by atomic mass is 127. The number of rotatable bonds is 8. The molecule has 1 aliphatic carbocycles. The maximum atomic E-state index is 5.98. The van der Waals surface area contributed by atoms with Gasteiger partial charge in [0.25, 0.3) is 0 Å². The molecule has 0 aliphatic heterocycles. The van der Waals surface area contributed by atoms with Crippen LogP contribution in [0.3, 0.4) is 0 Å². The fourth-order valence-electron chi connectivity index (χ4n) is 2.69. The van der Waals surface area contributed by atoms with Crippen molar-refractivity contribution in [3.8, 4) is 0 Å². The molecule has 0 fully saturated rings. The van der Waals surface area contributed by atoms with Gasteiger partial charge in [-0.15, -0.1) is 24.0 Å². The molecule has 0 spiro atoms. The summed E-state index contributed by atoms with van der Waals surface area (Å²) in [6, 6.07) is 6.38. The SMILES string of the molecule is COCCOCCCN=C(N)Nc1cccc2c1CCCC2.I. The van der Waals surface area contributed by atoms with Crippen LogP contribution < -0.4 is 11.1 Å². The maximum Gasteiger partial charge on any atom is 0.193 e. The fourth-order valence-corrected chi connectivity index (χ4v) is 2.69. The van der Waals surface area contributed by atoms with Gasteiger partial charge in [0.15, 0.2) is 5.96 Å². The first-order valence-corrected chi connectivity index (χ1v) is 8.05. The lowest BCUT2D eigenvalue weighted by Gasteiger charge is -2.19. The Morgan fingerprint density at radius 1 is 1.22 bits per heavy atom. The largest absolute Gasteiger partial charge is 0.382 e. The fraction of sp³-hybridized carbons (Fsp3) is 0.588. The second-order valence-corrected chi connectivity index (χ2v) is 5.50. The molecule has 0 aromatic heterocycles. The zero-order valence-electron chi connectivity index (χ0n) is 13.8. The topological polar surface area (TPSA) is 68.9 Å². The molecule has 0 radical (unpaired) electrons. The summed E-state index contributed by atoms with van der Waals surface area (Å²) in [5, 5.41) is 3.25. The number of anilines is 1. The molecule has 1 aliphatic rings. The Morgan fingerprint density at radius 3 is 2.87 bits per heavy atom. The van der Waals surface area contributed by atoms with Gasteiger partial charge in [-0.05, 0) is 49.3 Å². The smallest absolute Gasteiger partial charge is 0.193 e. The van der Waals surface area contributed by atoms with Gasteiger partial charge in [0, 0.05) is 25.9 Å². The molecule has 23 heavy (non-hydrogen) atoms. The van der Waals surface area contributed by atoms with E-state index in [0.717, 1.165) is 18.5 Å². The summed E-state index contributed by atoms with van der Waals surface area (Å²) in [6.45, 7) is 2.61. The third-order valence-electron chi connectivity index (χ3n) is 3.82. The van der Waals surface area contributed by atoms with Crippen LogP contribution in [0.4, 0.5) is 5.69 Å². The van der Waals surface area contributed by atoms with E-state index < -0.39 is 0 Å². The predicted molar refractivity (Wildman–Crippen MR) is 106 cm³/mol. The Balaban J connectivity index is 0.00000264. The van der Waals surface area contributed by atoms with Crippen molar-refractivity contribution >= 4 is 35.6 Å². The van der Waals surface area contributed by atoms with Crippen LogP contribution in [0.5, 0.6) is 0 Å². The molecule has 1 aromatic carbocycles. The summed E-state index contributed by atoms with van der Waals surface area (Å²) in [7, 11) is 1.67. The summed E-state index contributed by atoms with van der Waals surface area (Å²) >= 11 is 0. The van der Waals surface area contributed by atoms with Gasteiger partial charge in [0.2, 0.25) is 0 Å². The molecule has 0 heterocycles. The average Bonchev–Trinajstić information content (AvgIpc) is 2.54. The van der Waals surface area contributed by atoms with E-state index in [2.05, 4.69) is 28.5 Å². The molecule has 0 saturated carbocycles. The monoisotopic (exact) mass is 433 g/mol. The van der Waals surface area contributed by atoms with E-state index in [9.17, 15) is 0 Å². The molecular weight excluding hydrogens is 405 g/mol. The number of ether oxygens (including phenoxy) is 2. The van der Waals surface area contributed by atoms with Gasteiger partial charge in [-0.1, -0.05) is 12.1 Å². The highest BCUT2D eigenvalue weighted by Crippen LogP contribution is 2.27. The summed E-state index contributed by atoms with van der Waals surface area (Å²) in [5.41, 5.74) is 9.92. The lowest BCUT2D eigenvalue weighted by molar-refractivity contribution is 0.0702. The number of nitrogens with zero attached hydrogens (tertiary/aromatic N) is 1. The van der Waals surface area contributed by atoms with Crippen molar-refractivity contribution < 1.29 is 9.47 Å². The molecule has 0 bridgehead atoms. The number of fused-ring (bicyclic) bond motifs is 1. The van der Waals surface area contributed by atoms with E-state index in [0.29, 0.717) is 32.3 Å². The van der Waals surface area contributed by atoms with Crippen molar-refractivity contribution in [1.82, 2.24) is 0 Å². The van der Waals surface area contributed by atoms with Crippen molar-refractivity contribution in [3.05, 3.63) is 29.3 Å². The van der Waals surface area contributed by atoms with Gasteiger partial charge in [0.05, 0.1) is 13.2 Å². The second-order valence-electron chi connectivity index (χ2n) is 5.50. The minimum absolute atomic E-state index is 0. The van der Waals surface area contributed by atoms with Gasteiger partial charge < -0.3 is 20.5 Å². The van der Waals surface area contributed by atoms with E-state index in [4.69, 9.17) is 15.2 Å². The first-order chi connectivity index (χ1) is 10.8. The molecule has 0 amide bonds. The van der Waals surface area contributed by atoms with Crippen molar-refractivity contribution in [1.29, 1.82) is 0 Å². The number of nitrogens with two attached hydrogens (primary N) is 1. The zero-order chi connectivity index (χ0) is 15.6. The van der Waals surface area contributed by atoms with Gasteiger partial charge >= 0.3 is 0 Å². The summed E-state index contributed by atoms with van der Waals surface area (Å²) < 4.78 is 10.3. The highest BCUT2D eigenvalue weighted by molar-refractivity contribution is 14.0. The molecule has 6 heteroatoms. The molecule has 2 rings (SSSR count). The van der Waals surface area contributed by atoms with E-state index >= 15 is 0 Å². The average molecular weight is 433 g/mol. The number of hydrogen-bond acceptors (Lipinski definition) is 3. The lowest BCUT2D eigenvalue weighted by atomic mass is 9.90. The lowest BCUT2D eigenvalue weighted by Crippen LogP contribution is -2.24. The number of hydrogen-bond donors (Lipinski definition) is 2. The third kappa shape index (κ3) is 7.05. The van der Waals surface area contributed by atoms with Crippen LogP contribution in [0, 0.1) is 0 Å². The van der Waals surface area contributed by atoms with Crippen LogP contribution in [-0.2, 0) is 22.3 Å².